The molecule has 0 N–H and O–H groups in total. The molecule has 0 aliphatic carbocycles. The topological polar surface area (TPSA) is 61.0 Å². The molecule has 0 radical (unpaired) electrons. The van der Waals surface area contributed by atoms with Crippen LogP contribution in [-0.4, -0.2) is 20.2 Å². The predicted molar refractivity (Wildman–Crippen MR) is 70.1 cm³/mol. The molecule has 2 heterocycles. The Morgan fingerprint density at radius 3 is 2.94 bits per heavy atom. The van der Waals surface area contributed by atoms with Crippen LogP contribution in [0.2, 0.25) is 5.02 Å². The van der Waals surface area contributed by atoms with Crippen molar-refractivity contribution in [3.63, 3.8) is 0 Å². The number of nitrogens with zero attached hydrogens (tertiary/aromatic N) is 3. The van der Waals surface area contributed by atoms with Gasteiger partial charge in [0.15, 0.2) is 5.69 Å². The van der Waals surface area contributed by atoms with E-state index < -0.39 is 0 Å². The smallest absolute Gasteiger partial charge is 0.351 e. The largest absolute Gasteiger partial charge is 0.358 e. The Bertz CT molecular complexity index is 641. The highest BCUT2D eigenvalue weighted by Crippen LogP contribution is 2.39. The number of fused-ring (bicyclic) bond motifs is 1. The van der Waals surface area contributed by atoms with Crippen molar-refractivity contribution in [3.8, 4) is 11.3 Å². The minimum atomic E-state index is -0.388. The maximum atomic E-state index is 11.2. The number of nitro groups is 1. The quantitative estimate of drug-likeness (QED) is 0.626. The molecule has 0 saturated carbocycles. The summed E-state index contributed by atoms with van der Waals surface area (Å²) >= 11 is 7.60. The molecular formula is C11H8ClN3O2S. The van der Waals surface area contributed by atoms with Gasteiger partial charge < -0.3 is 10.1 Å². The fraction of sp³-hybridized carbons (Fsp3) is 0.182. The summed E-state index contributed by atoms with van der Waals surface area (Å²) in [5.74, 6) is 0.856. The first-order chi connectivity index (χ1) is 8.68. The zero-order valence-electron chi connectivity index (χ0n) is 9.17. The van der Waals surface area contributed by atoms with Crippen molar-refractivity contribution >= 4 is 29.2 Å². The van der Waals surface area contributed by atoms with Gasteiger partial charge in [0.1, 0.15) is 6.54 Å². The van der Waals surface area contributed by atoms with Crippen LogP contribution in [0.5, 0.6) is 0 Å². The van der Waals surface area contributed by atoms with Crippen LogP contribution in [0.15, 0.2) is 29.4 Å². The van der Waals surface area contributed by atoms with Crippen molar-refractivity contribution < 1.29 is 4.92 Å². The Morgan fingerprint density at radius 1 is 1.44 bits per heavy atom. The number of aromatic nitrogens is 2. The third-order valence-corrected chi connectivity index (χ3v) is 4.04. The highest BCUT2D eigenvalue weighted by molar-refractivity contribution is 7.99. The molecule has 1 aliphatic heterocycles. The van der Waals surface area contributed by atoms with E-state index in [-0.39, 0.29) is 10.7 Å². The lowest BCUT2D eigenvalue weighted by molar-refractivity contribution is -0.391. The van der Waals surface area contributed by atoms with E-state index in [1.807, 2.05) is 0 Å². The van der Waals surface area contributed by atoms with Crippen molar-refractivity contribution in [2.45, 2.75) is 11.7 Å². The summed E-state index contributed by atoms with van der Waals surface area (Å²) < 4.78 is 1.64. The zero-order valence-corrected chi connectivity index (χ0v) is 10.7. The van der Waals surface area contributed by atoms with E-state index >= 15 is 0 Å². The van der Waals surface area contributed by atoms with Gasteiger partial charge in [-0.25, -0.2) is 0 Å². The minimum absolute atomic E-state index is 0.0306. The van der Waals surface area contributed by atoms with E-state index in [1.165, 1.54) is 11.8 Å². The number of benzene rings is 1. The van der Waals surface area contributed by atoms with E-state index in [0.29, 0.717) is 28.0 Å². The maximum absolute atomic E-state index is 11.2. The van der Waals surface area contributed by atoms with Crippen LogP contribution >= 0.6 is 23.4 Å². The average molecular weight is 282 g/mol. The monoisotopic (exact) mass is 281 g/mol. The van der Waals surface area contributed by atoms with Crippen LogP contribution in [0.4, 0.5) is 5.82 Å². The standard InChI is InChI=1S/C11H8ClN3O2S/c12-8-4-2-1-3-7(8)9-10(15(16)17)14-5-6-18-11(14)13-9/h1-4H,5-6H2. The van der Waals surface area contributed by atoms with Crippen molar-refractivity contribution in [2.75, 3.05) is 5.75 Å². The molecule has 18 heavy (non-hydrogen) atoms. The Hall–Kier alpha value is -1.53. The van der Waals surface area contributed by atoms with Crippen LogP contribution in [0, 0.1) is 10.1 Å². The van der Waals surface area contributed by atoms with Crippen molar-refractivity contribution in [1.82, 2.24) is 9.55 Å². The van der Waals surface area contributed by atoms with Gasteiger partial charge in [0, 0.05) is 11.3 Å². The first-order valence-electron chi connectivity index (χ1n) is 5.31. The first kappa shape index (κ1) is 11.6. The molecule has 1 aromatic heterocycles. The molecule has 0 atom stereocenters. The van der Waals surface area contributed by atoms with E-state index in [2.05, 4.69) is 4.98 Å². The molecule has 0 unspecified atom stereocenters. The van der Waals surface area contributed by atoms with Gasteiger partial charge in [-0.1, -0.05) is 41.6 Å². The van der Waals surface area contributed by atoms with Gasteiger partial charge in [-0.3, -0.25) is 0 Å². The summed E-state index contributed by atoms with van der Waals surface area (Å²) in [4.78, 5) is 15.2. The molecule has 0 spiro atoms. The minimum Gasteiger partial charge on any atom is -0.358 e. The lowest BCUT2D eigenvalue weighted by atomic mass is 10.1. The Kier molecular flexibility index (Phi) is 2.76. The number of hydrogen-bond donors (Lipinski definition) is 0. The van der Waals surface area contributed by atoms with Gasteiger partial charge in [-0.15, -0.1) is 0 Å². The second kappa shape index (κ2) is 4.29. The summed E-state index contributed by atoms with van der Waals surface area (Å²) in [7, 11) is 0. The van der Waals surface area contributed by atoms with E-state index in [0.717, 1.165) is 5.75 Å². The number of hydrogen-bond acceptors (Lipinski definition) is 4. The number of rotatable bonds is 2. The lowest BCUT2D eigenvalue weighted by Gasteiger charge is -2.02. The number of imidazole rings is 1. The molecule has 5 nitrogen and oxygen atoms in total. The van der Waals surface area contributed by atoms with Crippen LogP contribution < -0.4 is 0 Å². The van der Waals surface area contributed by atoms with Gasteiger partial charge in [0.05, 0.1) is 5.02 Å². The summed E-state index contributed by atoms with van der Waals surface area (Å²) in [6.45, 7) is 0.619. The zero-order chi connectivity index (χ0) is 12.7. The molecule has 7 heteroatoms. The third-order valence-electron chi connectivity index (χ3n) is 2.75. The molecule has 92 valence electrons. The molecule has 3 rings (SSSR count). The summed E-state index contributed by atoms with van der Waals surface area (Å²) in [5, 5.41) is 12.4. The maximum Gasteiger partial charge on any atom is 0.351 e. The Balaban J connectivity index is 2.25. The summed E-state index contributed by atoms with van der Waals surface area (Å²) in [6.07, 6.45) is 0. The fourth-order valence-electron chi connectivity index (χ4n) is 1.98. The molecular weight excluding hydrogens is 274 g/mol. The van der Waals surface area contributed by atoms with Crippen molar-refractivity contribution in [2.24, 2.45) is 0 Å². The average Bonchev–Trinajstić information content (AvgIpc) is 2.88. The Morgan fingerprint density at radius 2 is 2.22 bits per heavy atom. The molecule has 2 aromatic rings. The fourth-order valence-corrected chi connectivity index (χ4v) is 3.15. The van der Waals surface area contributed by atoms with Gasteiger partial charge >= 0.3 is 5.82 Å². The molecule has 0 amide bonds. The summed E-state index contributed by atoms with van der Waals surface area (Å²) in [6, 6.07) is 7.04. The van der Waals surface area contributed by atoms with Crippen LogP contribution in [0.1, 0.15) is 0 Å². The lowest BCUT2D eigenvalue weighted by Crippen LogP contribution is -2.01. The predicted octanol–water partition coefficient (Wildman–Crippen LogP) is 3.22. The van der Waals surface area contributed by atoms with Gasteiger partial charge in [-0.05, 0) is 11.0 Å². The molecule has 1 aliphatic rings. The molecule has 0 saturated heterocycles. The molecule has 1 aromatic carbocycles. The first-order valence-corrected chi connectivity index (χ1v) is 6.67. The van der Waals surface area contributed by atoms with Gasteiger partial charge in [-0.2, -0.15) is 9.55 Å². The highest BCUT2D eigenvalue weighted by atomic mass is 35.5. The third kappa shape index (κ3) is 1.69. The van der Waals surface area contributed by atoms with Crippen molar-refractivity contribution in [3.05, 3.63) is 39.4 Å². The Labute approximate surface area is 112 Å². The van der Waals surface area contributed by atoms with Crippen molar-refractivity contribution in [1.29, 1.82) is 0 Å². The number of thioether (sulfide) groups is 1. The second-order valence-corrected chi connectivity index (χ2v) is 5.27. The summed E-state index contributed by atoms with van der Waals surface area (Å²) in [5.41, 5.74) is 0.959. The van der Waals surface area contributed by atoms with Gasteiger partial charge in [0.25, 0.3) is 5.16 Å². The van der Waals surface area contributed by atoms with Crippen LogP contribution in [-0.2, 0) is 6.54 Å². The highest BCUT2D eigenvalue weighted by Gasteiger charge is 2.32. The van der Waals surface area contributed by atoms with E-state index in [9.17, 15) is 10.1 Å². The van der Waals surface area contributed by atoms with E-state index in [1.54, 1.807) is 28.8 Å². The second-order valence-electron chi connectivity index (χ2n) is 3.80. The van der Waals surface area contributed by atoms with E-state index in [4.69, 9.17) is 11.6 Å². The van der Waals surface area contributed by atoms with Crippen LogP contribution in [0.3, 0.4) is 0 Å². The molecule has 0 bridgehead atoms. The number of halogens is 1. The van der Waals surface area contributed by atoms with Gasteiger partial charge in [0.2, 0.25) is 0 Å². The SMILES string of the molecule is O=[N+]([O-])c1c(-c2ccccc2Cl)nc2n1CCS2. The van der Waals surface area contributed by atoms with Crippen LogP contribution in [0.25, 0.3) is 11.3 Å². The normalized spacial score (nSPS) is 13.6. The molecule has 0 fully saturated rings.